The van der Waals surface area contributed by atoms with Crippen molar-refractivity contribution >= 4 is 10.4 Å². The largest absolute Gasteiger partial charge is 0.396 e. The molecule has 0 saturated carbocycles. The second kappa shape index (κ2) is 12.8. The summed E-state index contributed by atoms with van der Waals surface area (Å²) in [5.74, 6) is 1.41. The fourth-order valence-electron chi connectivity index (χ4n) is 1.63. The topological polar surface area (TPSA) is 94.8 Å². The maximum absolute atomic E-state index is 8.84. The Balaban J connectivity index is 0. The van der Waals surface area contributed by atoms with E-state index in [2.05, 4.69) is 20.8 Å². The summed E-state index contributed by atoms with van der Waals surface area (Å²) in [6, 6.07) is 0. The maximum Gasteiger partial charge on any atom is 0.394 e. The van der Waals surface area contributed by atoms with E-state index in [0.29, 0.717) is 12.5 Å². The van der Waals surface area contributed by atoms with E-state index in [0.717, 1.165) is 5.92 Å². The van der Waals surface area contributed by atoms with E-state index in [1.165, 1.54) is 44.9 Å². The molecule has 0 fully saturated rings. The molecule has 6 heteroatoms. The SMILES string of the molecule is CCC(C)CCCCCCC(C)CO.O=S(=O)(O)O. The molecule has 0 rings (SSSR count). The molecule has 0 aromatic carbocycles. The number of aliphatic hydroxyl groups excluding tert-OH is 1. The molecule has 0 heterocycles. The summed E-state index contributed by atoms with van der Waals surface area (Å²) in [7, 11) is -4.67. The van der Waals surface area contributed by atoms with Gasteiger partial charge in [0.1, 0.15) is 0 Å². The van der Waals surface area contributed by atoms with E-state index in [9.17, 15) is 0 Å². The Morgan fingerprint density at radius 1 is 0.895 bits per heavy atom. The van der Waals surface area contributed by atoms with Crippen molar-refractivity contribution in [1.82, 2.24) is 0 Å². The van der Waals surface area contributed by atoms with Crippen LogP contribution in [0.4, 0.5) is 0 Å². The lowest BCUT2D eigenvalue weighted by Gasteiger charge is -2.09. The van der Waals surface area contributed by atoms with E-state index >= 15 is 0 Å². The molecule has 0 aliphatic rings. The van der Waals surface area contributed by atoms with Crippen LogP contribution in [-0.2, 0) is 10.4 Å². The highest BCUT2D eigenvalue weighted by atomic mass is 32.3. The van der Waals surface area contributed by atoms with Gasteiger partial charge in [0.2, 0.25) is 0 Å². The van der Waals surface area contributed by atoms with Gasteiger partial charge in [0.15, 0.2) is 0 Å². The predicted molar refractivity (Wildman–Crippen MR) is 77.6 cm³/mol. The predicted octanol–water partition coefficient (Wildman–Crippen LogP) is 3.35. The van der Waals surface area contributed by atoms with E-state index in [1.807, 2.05) is 0 Å². The summed E-state index contributed by atoms with van der Waals surface area (Å²) in [5, 5.41) is 8.84. The quantitative estimate of drug-likeness (QED) is 0.448. The number of rotatable bonds is 9. The molecule has 19 heavy (non-hydrogen) atoms. The Bertz CT molecular complexity index is 255. The molecule has 3 N–H and O–H groups in total. The van der Waals surface area contributed by atoms with Crippen molar-refractivity contribution in [2.75, 3.05) is 6.61 Å². The van der Waals surface area contributed by atoms with E-state index in [1.54, 1.807) is 0 Å². The lowest BCUT2D eigenvalue weighted by atomic mass is 9.98. The minimum absolute atomic E-state index is 0.354. The number of unbranched alkanes of at least 4 members (excludes halogenated alkanes) is 3. The average Bonchev–Trinajstić information content (AvgIpc) is 2.30. The Morgan fingerprint density at radius 3 is 1.58 bits per heavy atom. The van der Waals surface area contributed by atoms with Gasteiger partial charge in [0, 0.05) is 6.61 Å². The van der Waals surface area contributed by atoms with Gasteiger partial charge < -0.3 is 5.11 Å². The zero-order valence-electron chi connectivity index (χ0n) is 12.4. The molecule has 0 aromatic rings. The van der Waals surface area contributed by atoms with Gasteiger partial charge in [-0.1, -0.05) is 59.3 Å². The minimum Gasteiger partial charge on any atom is -0.396 e. The van der Waals surface area contributed by atoms with Gasteiger partial charge in [-0.2, -0.15) is 8.42 Å². The van der Waals surface area contributed by atoms with Crippen LogP contribution in [0.25, 0.3) is 0 Å². The maximum atomic E-state index is 8.84. The minimum atomic E-state index is -4.67. The number of hydrogen-bond donors (Lipinski definition) is 3. The summed E-state index contributed by atoms with van der Waals surface area (Å²) >= 11 is 0. The summed E-state index contributed by atoms with van der Waals surface area (Å²) < 4.78 is 31.6. The first-order chi connectivity index (χ1) is 8.70. The molecule has 0 bridgehead atoms. The second-order valence-corrected chi connectivity index (χ2v) is 6.14. The van der Waals surface area contributed by atoms with E-state index in [-0.39, 0.29) is 0 Å². The van der Waals surface area contributed by atoms with Crippen LogP contribution in [0.15, 0.2) is 0 Å². The summed E-state index contributed by atoms with van der Waals surface area (Å²) in [6.45, 7) is 7.09. The molecule has 0 spiro atoms. The molecule has 0 saturated heterocycles. The van der Waals surface area contributed by atoms with Gasteiger partial charge in [-0.15, -0.1) is 0 Å². The summed E-state index contributed by atoms with van der Waals surface area (Å²) in [6.07, 6.45) is 9.32. The van der Waals surface area contributed by atoms with Crippen molar-refractivity contribution in [2.24, 2.45) is 11.8 Å². The summed E-state index contributed by atoms with van der Waals surface area (Å²) in [4.78, 5) is 0. The standard InChI is InChI=1S/C13H28O.H2O4S/c1-4-12(2)9-7-5-6-8-10-13(3)11-14;1-5(2,3)4/h12-14H,4-11H2,1-3H3;(H2,1,2,3,4). The second-order valence-electron chi connectivity index (χ2n) is 5.24. The van der Waals surface area contributed by atoms with Crippen molar-refractivity contribution in [3.05, 3.63) is 0 Å². The van der Waals surface area contributed by atoms with Crippen LogP contribution >= 0.6 is 0 Å². The van der Waals surface area contributed by atoms with Crippen molar-refractivity contribution < 1.29 is 22.6 Å². The van der Waals surface area contributed by atoms with Crippen LogP contribution in [0.2, 0.25) is 0 Å². The van der Waals surface area contributed by atoms with Crippen molar-refractivity contribution in [3.8, 4) is 0 Å². The summed E-state index contributed by atoms with van der Waals surface area (Å²) in [5.41, 5.74) is 0. The average molecular weight is 298 g/mol. The zero-order valence-corrected chi connectivity index (χ0v) is 13.2. The Hall–Kier alpha value is -0.170. The van der Waals surface area contributed by atoms with Crippen molar-refractivity contribution in [1.29, 1.82) is 0 Å². The molecular weight excluding hydrogens is 268 g/mol. The molecular formula is C13H30O5S. The fraction of sp³-hybridized carbons (Fsp3) is 1.00. The van der Waals surface area contributed by atoms with Crippen LogP contribution in [0.3, 0.4) is 0 Å². The van der Waals surface area contributed by atoms with Gasteiger partial charge in [-0.05, 0) is 18.3 Å². The Labute approximate surface area is 118 Å². The highest BCUT2D eigenvalue weighted by Gasteiger charge is 2.00. The Morgan fingerprint density at radius 2 is 1.26 bits per heavy atom. The van der Waals surface area contributed by atoms with Crippen LogP contribution in [0, 0.1) is 11.8 Å². The van der Waals surface area contributed by atoms with Gasteiger partial charge in [0.25, 0.3) is 0 Å². The van der Waals surface area contributed by atoms with Crippen LogP contribution in [0.1, 0.15) is 65.7 Å². The molecule has 0 aliphatic heterocycles. The van der Waals surface area contributed by atoms with E-state index in [4.69, 9.17) is 22.6 Å². The molecule has 0 aromatic heterocycles. The molecule has 2 unspecified atom stereocenters. The Kier molecular flexibility index (Phi) is 14.3. The highest BCUT2D eigenvalue weighted by Crippen LogP contribution is 2.15. The van der Waals surface area contributed by atoms with Gasteiger partial charge in [-0.3, -0.25) is 9.11 Å². The molecule has 0 aliphatic carbocycles. The first kappa shape index (κ1) is 21.1. The normalized spacial score (nSPS) is 14.4. The zero-order chi connectivity index (χ0) is 15.3. The van der Waals surface area contributed by atoms with Crippen molar-refractivity contribution in [3.63, 3.8) is 0 Å². The monoisotopic (exact) mass is 298 g/mol. The molecule has 2 atom stereocenters. The van der Waals surface area contributed by atoms with Gasteiger partial charge >= 0.3 is 10.4 Å². The smallest absolute Gasteiger partial charge is 0.394 e. The van der Waals surface area contributed by atoms with Crippen LogP contribution in [0.5, 0.6) is 0 Å². The molecule has 0 radical (unpaired) electrons. The van der Waals surface area contributed by atoms with E-state index < -0.39 is 10.4 Å². The van der Waals surface area contributed by atoms with Crippen molar-refractivity contribution in [2.45, 2.75) is 65.7 Å². The highest BCUT2D eigenvalue weighted by molar-refractivity contribution is 7.79. The molecule has 118 valence electrons. The number of aliphatic hydroxyl groups is 1. The third-order valence-corrected chi connectivity index (χ3v) is 3.15. The third kappa shape index (κ3) is 27.1. The van der Waals surface area contributed by atoms with Crippen LogP contribution in [-0.4, -0.2) is 29.2 Å². The molecule has 5 nitrogen and oxygen atoms in total. The van der Waals surface area contributed by atoms with Crippen LogP contribution < -0.4 is 0 Å². The molecule has 0 amide bonds. The lowest BCUT2D eigenvalue weighted by molar-refractivity contribution is 0.227. The third-order valence-electron chi connectivity index (χ3n) is 3.15. The first-order valence-corrected chi connectivity index (χ1v) is 8.41. The first-order valence-electron chi connectivity index (χ1n) is 7.01. The number of hydrogen-bond acceptors (Lipinski definition) is 3. The fourth-order valence-corrected chi connectivity index (χ4v) is 1.63. The van der Waals surface area contributed by atoms with Gasteiger partial charge in [0.05, 0.1) is 0 Å². The van der Waals surface area contributed by atoms with Gasteiger partial charge in [-0.25, -0.2) is 0 Å². The lowest BCUT2D eigenvalue weighted by Crippen LogP contribution is -1.99.